The Kier molecular flexibility index (Phi) is 4.19. The number of amides is 1. The van der Waals surface area contributed by atoms with Gasteiger partial charge in [0.25, 0.3) is 0 Å². The SMILES string of the molecule is CSc1nnc([C@@H]2CC[C@@H](OC(N)=O)CO2)s1. The van der Waals surface area contributed by atoms with E-state index >= 15 is 0 Å². The molecule has 2 atom stereocenters. The molecule has 6 nitrogen and oxygen atoms in total. The van der Waals surface area contributed by atoms with Gasteiger partial charge in [-0.3, -0.25) is 0 Å². The highest BCUT2D eigenvalue weighted by Crippen LogP contribution is 2.32. The third-order valence-electron chi connectivity index (χ3n) is 2.39. The van der Waals surface area contributed by atoms with Crippen molar-refractivity contribution < 1.29 is 14.3 Å². The number of aromatic nitrogens is 2. The Morgan fingerprint density at radius 2 is 2.41 bits per heavy atom. The molecule has 0 aromatic carbocycles. The van der Waals surface area contributed by atoms with Gasteiger partial charge in [0.2, 0.25) is 0 Å². The molecule has 2 heterocycles. The van der Waals surface area contributed by atoms with Crippen LogP contribution in [0, 0.1) is 0 Å². The Bertz CT molecular complexity index is 391. The van der Waals surface area contributed by atoms with E-state index in [4.69, 9.17) is 15.2 Å². The van der Waals surface area contributed by atoms with Crippen molar-refractivity contribution in [3.63, 3.8) is 0 Å². The van der Waals surface area contributed by atoms with Crippen molar-refractivity contribution in [1.82, 2.24) is 10.2 Å². The van der Waals surface area contributed by atoms with Crippen LogP contribution in [-0.2, 0) is 9.47 Å². The normalized spacial score (nSPS) is 24.5. The summed E-state index contributed by atoms with van der Waals surface area (Å²) >= 11 is 3.10. The summed E-state index contributed by atoms with van der Waals surface area (Å²) in [5, 5.41) is 8.99. The van der Waals surface area contributed by atoms with Crippen molar-refractivity contribution in [3.8, 4) is 0 Å². The molecule has 0 aliphatic carbocycles. The van der Waals surface area contributed by atoms with Crippen LogP contribution in [0.4, 0.5) is 4.79 Å². The average molecular weight is 275 g/mol. The maximum absolute atomic E-state index is 10.6. The molecule has 2 rings (SSSR count). The number of primary amides is 1. The van der Waals surface area contributed by atoms with Crippen molar-refractivity contribution in [3.05, 3.63) is 5.01 Å². The van der Waals surface area contributed by atoms with E-state index in [1.54, 1.807) is 11.8 Å². The van der Waals surface area contributed by atoms with Crippen molar-refractivity contribution in [1.29, 1.82) is 0 Å². The number of hydrogen-bond donors (Lipinski definition) is 1. The standard InChI is InChI=1S/C9H13N3O3S2/c1-16-9-12-11-7(17-9)6-3-2-5(4-14-6)15-8(10)13/h5-6H,2-4H2,1H3,(H2,10,13)/t5-,6+/m1/s1. The van der Waals surface area contributed by atoms with Crippen molar-refractivity contribution >= 4 is 29.2 Å². The van der Waals surface area contributed by atoms with Crippen LogP contribution in [0.3, 0.4) is 0 Å². The van der Waals surface area contributed by atoms with E-state index in [1.165, 1.54) is 11.3 Å². The zero-order chi connectivity index (χ0) is 12.3. The van der Waals surface area contributed by atoms with Gasteiger partial charge in [-0.25, -0.2) is 4.79 Å². The first kappa shape index (κ1) is 12.6. The highest BCUT2D eigenvalue weighted by Gasteiger charge is 2.27. The zero-order valence-electron chi connectivity index (χ0n) is 9.29. The van der Waals surface area contributed by atoms with Gasteiger partial charge in [0.1, 0.15) is 17.2 Å². The Balaban J connectivity index is 1.88. The molecular weight excluding hydrogens is 262 g/mol. The number of ether oxygens (including phenoxy) is 2. The van der Waals surface area contributed by atoms with Gasteiger partial charge in [0.05, 0.1) is 6.61 Å². The van der Waals surface area contributed by atoms with Crippen LogP contribution in [-0.4, -0.2) is 35.3 Å². The quantitative estimate of drug-likeness (QED) is 0.843. The van der Waals surface area contributed by atoms with E-state index in [9.17, 15) is 4.79 Å². The van der Waals surface area contributed by atoms with E-state index in [-0.39, 0.29) is 12.2 Å². The topological polar surface area (TPSA) is 87.3 Å². The summed E-state index contributed by atoms with van der Waals surface area (Å²) in [6.07, 6.45) is 2.43. The van der Waals surface area contributed by atoms with E-state index in [1.807, 2.05) is 6.26 Å². The molecule has 2 N–H and O–H groups in total. The molecule has 1 amide bonds. The fraction of sp³-hybridized carbons (Fsp3) is 0.667. The number of carbonyl (C=O) groups excluding carboxylic acids is 1. The molecule has 1 aromatic rings. The van der Waals surface area contributed by atoms with E-state index in [0.29, 0.717) is 6.61 Å². The number of rotatable bonds is 3. The first-order valence-corrected chi connectivity index (χ1v) is 7.18. The van der Waals surface area contributed by atoms with E-state index in [0.717, 1.165) is 22.2 Å². The predicted octanol–water partition coefficient (Wildman–Crippen LogP) is 1.58. The van der Waals surface area contributed by atoms with Gasteiger partial charge in [-0.2, -0.15) is 0 Å². The Morgan fingerprint density at radius 1 is 1.59 bits per heavy atom. The highest BCUT2D eigenvalue weighted by molar-refractivity contribution is 8.00. The van der Waals surface area contributed by atoms with Crippen LogP contribution in [0.5, 0.6) is 0 Å². The lowest BCUT2D eigenvalue weighted by Crippen LogP contribution is -2.31. The first-order chi connectivity index (χ1) is 8.19. The van der Waals surface area contributed by atoms with Crippen molar-refractivity contribution in [2.45, 2.75) is 29.4 Å². The number of hydrogen-bond acceptors (Lipinski definition) is 7. The zero-order valence-corrected chi connectivity index (χ0v) is 10.9. The maximum atomic E-state index is 10.6. The summed E-state index contributed by atoms with van der Waals surface area (Å²) in [5.41, 5.74) is 4.95. The second-order valence-corrected chi connectivity index (χ2v) is 5.63. The lowest BCUT2D eigenvalue weighted by Gasteiger charge is -2.26. The summed E-state index contributed by atoms with van der Waals surface area (Å²) in [6.45, 7) is 0.363. The molecule has 1 saturated heterocycles. The Morgan fingerprint density at radius 3 is 2.94 bits per heavy atom. The molecule has 1 aliphatic heterocycles. The summed E-state index contributed by atoms with van der Waals surface area (Å²) in [5.74, 6) is 0. The number of thioether (sulfide) groups is 1. The molecule has 0 unspecified atom stereocenters. The van der Waals surface area contributed by atoms with Gasteiger partial charge in [-0.1, -0.05) is 23.1 Å². The van der Waals surface area contributed by atoms with Gasteiger partial charge in [-0.15, -0.1) is 10.2 Å². The van der Waals surface area contributed by atoms with Gasteiger partial charge < -0.3 is 15.2 Å². The molecular formula is C9H13N3O3S2. The summed E-state index contributed by atoms with van der Waals surface area (Å²) in [4.78, 5) is 10.6. The predicted molar refractivity (Wildman–Crippen MR) is 64.1 cm³/mol. The second-order valence-electron chi connectivity index (χ2n) is 3.57. The molecule has 0 saturated carbocycles. The summed E-state index contributed by atoms with van der Waals surface area (Å²) < 4.78 is 11.4. The molecule has 1 fully saturated rings. The Hall–Kier alpha value is -0.860. The first-order valence-electron chi connectivity index (χ1n) is 5.14. The molecule has 8 heteroatoms. The van der Waals surface area contributed by atoms with Crippen LogP contribution in [0.1, 0.15) is 24.0 Å². The van der Waals surface area contributed by atoms with E-state index in [2.05, 4.69) is 10.2 Å². The van der Waals surface area contributed by atoms with Crippen LogP contribution in [0.25, 0.3) is 0 Å². The van der Waals surface area contributed by atoms with Crippen LogP contribution in [0.2, 0.25) is 0 Å². The van der Waals surface area contributed by atoms with Gasteiger partial charge in [-0.05, 0) is 19.1 Å². The maximum Gasteiger partial charge on any atom is 0.404 e. The number of nitrogens with zero attached hydrogens (tertiary/aromatic N) is 2. The summed E-state index contributed by atoms with van der Waals surface area (Å²) in [6, 6.07) is 0. The van der Waals surface area contributed by atoms with Gasteiger partial charge >= 0.3 is 6.09 Å². The minimum absolute atomic E-state index is 0.0406. The minimum atomic E-state index is -0.752. The third kappa shape index (κ3) is 3.30. The highest BCUT2D eigenvalue weighted by atomic mass is 32.2. The molecule has 0 radical (unpaired) electrons. The molecule has 94 valence electrons. The minimum Gasteiger partial charge on any atom is -0.444 e. The lowest BCUT2D eigenvalue weighted by atomic mass is 10.1. The fourth-order valence-electron chi connectivity index (χ4n) is 1.61. The van der Waals surface area contributed by atoms with Crippen LogP contribution >= 0.6 is 23.1 Å². The van der Waals surface area contributed by atoms with Gasteiger partial charge in [0, 0.05) is 0 Å². The van der Waals surface area contributed by atoms with Crippen LogP contribution in [0.15, 0.2) is 4.34 Å². The van der Waals surface area contributed by atoms with Crippen molar-refractivity contribution in [2.24, 2.45) is 5.73 Å². The van der Waals surface area contributed by atoms with Crippen LogP contribution < -0.4 is 5.73 Å². The second kappa shape index (κ2) is 5.65. The Labute approximate surface area is 107 Å². The monoisotopic (exact) mass is 275 g/mol. The largest absolute Gasteiger partial charge is 0.444 e. The summed E-state index contributed by atoms with van der Waals surface area (Å²) in [7, 11) is 0. The number of nitrogens with two attached hydrogens (primary N) is 1. The third-order valence-corrected chi connectivity index (χ3v) is 4.38. The number of carbonyl (C=O) groups is 1. The molecule has 1 aromatic heterocycles. The molecule has 1 aliphatic rings. The molecule has 0 spiro atoms. The fourth-order valence-corrected chi connectivity index (χ4v) is 2.98. The van der Waals surface area contributed by atoms with E-state index < -0.39 is 6.09 Å². The van der Waals surface area contributed by atoms with Crippen molar-refractivity contribution in [2.75, 3.05) is 12.9 Å². The molecule has 17 heavy (non-hydrogen) atoms. The smallest absolute Gasteiger partial charge is 0.404 e. The average Bonchev–Trinajstić information content (AvgIpc) is 2.78. The lowest BCUT2D eigenvalue weighted by molar-refractivity contribution is -0.0604. The molecule has 0 bridgehead atoms. The van der Waals surface area contributed by atoms with Gasteiger partial charge in [0.15, 0.2) is 4.34 Å².